The van der Waals surface area contributed by atoms with Gasteiger partial charge in [-0.25, -0.2) is 0 Å². The van der Waals surface area contributed by atoms with E-state index in [0.717, 1.165) is 25.9 Å². The van der Waals surface area contributed by atoms with Gasteiger partial charge in [0.05, 0.1) is 0 Å². The Morgan fingerprint density at radius 1 is 1.14 bits per heavy atom. The number of rotatable bonds is 7. The molecule has 0 fully saturated rings. The highest BCUT2D eigenvalue weighted by Crippen LogP contribution is 2.24. The Balaban J connectivity index is 3.28. The topological polar surface area (TPSA) is 32.3 Å². The van der Waals surface area contributed by atoms with Crippen molar-refractivity contribution < 1.29 is 5.11 Å². The van der Waals surface area contributed by atoms with E-state index in [1.54, 1.807) is 0 Å². The third kappa shape index (κ3) is 7.34. The van der Waals surface area contributed by atoms with E-state index in [9.17, 15) is 0 Å². The maximum atomic E-state index is 8.60. The van der Waals surface area contributed by atoms with Gasteiger partial charge >= 0.3 is 0 Å². The summed E-state index contributed by atoms with van der Waals surface area (Å²) in [5.41, 5.74) is 0.401. The molecule has 0 aliphatic carbocycles. The molecule has 86 valence electrons. The van der Waals surface area contributed by atoms with E-state index in [1.807, 2.05) is 0 Å². The number of hydrogen-bond acceptors (Lipinski definition) is 2. The lowest BCUT2D eigenvalue weighted by molar-refractivity contribution is 0.251. The fourth-order valence-electron chi connectivity index (χ4n) is 1.16. The molecule has 1 unspecified atom stereocenters. The molecule has 0 spiro atoms. The van der Waals surface area contributed by atoms with Gasteiger partial charge in [-0.05, 0) is 43.7 Å². The highest BCUT2D eigenvalue weighted by Gasteiger charge is 2.18. The van der Waals surface area contributed by atoms with E-state index in [0.29, 0.717) is 17.9 Å². The summed E-state index contributed by atoms with van der Waals surface area (Å²) in [5, 5.41) is 12.1. The van der Waals surface area contributed by atoms with Crippen LogP contribution in [-0.2, 0) is 0 Å². The van der Waals surface area contributed by atoms with E-state index in [2.05, 4.69) is 33.0 Å². The van der Waals surface area contributed by atoms with Crippen molar-refractivity contribution in [3.8, 4) is 0 Å². The lowest BCUT2D eigenvalue weighted by Gasteiger charge is -2.27. The molecule has 0 bridgehead atoms. The van der Waals surface area contributed by atoms with Crippen LogP contribution in [0.25, 0.3) is 0 Å². The summed E-state index contributed by atoms with van der Waals surface area (Å²) in [6.45, 7) is 11.7. The van der Waals surface area contributed by atoms with Gasteiger partial charge in [0.1, 0.15) is 0 Å². The summed E-state index contributed by atoms with van der Waals surface area (Å²) < 4.78 is 0. The van der Waals surface area contributed by atoms with Crippen molar-refractivity contribution in [1.82, 2.24) is 5.32 Å². The Morgan fingerprint density at radius 3 is 2.29 bits per heavy atom. The zero-order chi connectivity index (χ0) is 11.0. The normalized spacial score (nSPS) is 14.4. The summed E-state index contributed by atoms with van der Waals surface area (Å²) in [6, 6.07) is 0. The maximum absolute atomic E-state index is 8.60. The molecule has 0 aliphatic rings. The van der Waals surface area contributed by atoms with Gasteiger partial charge in [-0.2, -0.15) is 0 Å². The van der Waals surface area contributed by atoms with Crippen LogP contribution in [0.1, 0.15) is 47.0 Å². The second-order valence-electron chi connectivity index (χ2n) is 5.26. The first-order valence-corrected chi connectivity index (χ1v) is 5.80. The van der Waals surface area contributed by atoms with Gasteiger partial charge < -0.3 is 10.4 Å². The Bertz CT molecular complexity index is 129. The lowest BCUT2D eigenvalue weighted by atomic mass is 9.82. The monoisotopic (exact) mass is 201 g/mol. The van der Waals surface area contributed by atoms with Gasteiger partial charge in [-0.1, -0.05) is 27.7 Å². The van der Waals surface area contributed by atoms with Crippen LogP contribution in [-0.4, -0.2) is 24.8 Å². The first-order chi connectivity index (χ1) is 6.48. The van der Waals surface area contributed by atoms with E-state index < -0.39 is 0 Å². The van der Waals surface area contributed by atoms with Crippen molar-refractivity contribution >= 4 is 0 Å². The molecule has 0 aromatic carbocycles. The standard InChI is InChI=1S/C12H27NO/c1-11(12(2,3)4)10-13-8-6-5-7-9-14/h11,13-14H,5-10H2,1-4H3. The van der Waals surface area contributed by atoms with Gasteiger partial charge in [0.15, 0.2) is 0 Å². The van der Waals surface area contributed by atoms with E-state index in [-0.39, 0.29) is 0 Å². The van der Waals surface area contributed by atoms with Crippen LogP contribution in [0.2, 0.25) is 0 Å². The number of hydrogen-bond donors (Lipinski definition) is 2. The number of aliphatic hydroxyl groups excluding tert-OH is 1. The smallest absolute Gasteiger partial charge is 0.0431 e. The first-order valence-electron chi connectivity index (χ1n) is 5.80. The van der Waals surface area contributed by atoms with E-state index >= 15 is 0 Å². The van der Waals surface area contributed by atoms with Crippen LogP contribution in [0.4, 0.5) is 0 Å². The van der Waals surface area contributed by atoms with Crippen LogP contribution in [0, 0.1) is 11.3 Å². The van der Waals surface area contributed by atoms with Crippen LogP contribution >= 0.6 is 0 Å². The van der Waals surface area contributed by atoms with E-state index in [1.165, 1.54) is 6.42 Å². The molecule has 2 nitrogen and oxygen atoms in total. The molecule has 0 amide bonds. The molecular formula is C12H27NO. The molecule has 14 heavy (non-hydrogen) atoms. The fourth-order valence-corrected chi connectivity index (χ4v) is 1.16. The van der Waals surface area contributed by atoms with Gasteiger partial charge in [-0.3, -0.25) is 0 Å². The number of aliphatic hydroxyl groups is 1. The molecule has 1 atom stereocenters. The Morgan fingerprint density at radius 2 is 1.79 bits per heavy atom. The lowest BCUT2D eigenvalue weighted by Crippen LogP contribution is -2.30. The highest BCUT2D eigenvalue weighted by molar-refractivity contribution is 4.71. The van der Waals surface area contributed by atoms with Crippen LogP contribution in [0.3, 0.4) is 0 Å². The predicted molar refractivity (Wildman–Crippen MR) is 62.4 cm³/mol. The van der Waals surface area contributed by atoms with Gasteiger partial charge in [0.2, 0.25) is 0 Å². The van der Waals surface area contributed by atoms with Crippen molar-refractivity contribution in [2.75, 3.05) is 19.7 Å². The molecular weight excluding hydrogens is 174 g/mol. The summed E-state index contributed by atoms with van der Waals surface area (Å²) >= 11 is 0. The second-order valence-corrected chi connectivity index (χ2v) is 5.26. The average molecular weight is 201 g/mol. The molecule has 0 heterocycles. The molecule has 0 rings (SSSR count). The third-order valence-corrected chi connectivity index (χ3v) is 2.94. The minimum atomic E-state index is 0.332. The molecule has 0 aliphatic heterocycles. The van der Waals surface area contributed by atoms with E-state index in [4.69, 9.17) is 5.11 Å². The van der Waals surface area contributed by atoms with Crippen molar-refractivity contribution in [2.24, 2.45) is 11.3 Å². The summed E-state index contributed by atoms with van der Waals surface area (Å²) in [5.74, 6) is 0.709. The Labute approximate surface area is 89.1 Å². The van der Waals surface area contributed by atoms with Crippen molar-refractivity contribution in [2.45, 2.75) is 47.0 Å². The van der Waals surface area contributed by atoms with Crippen molar-refractivity contribution in [3.63, 3.8) is 0 Å². The molecule has 0 aromatic rings. The largest absolute Gasteiger partial charge is 0.396 e. The average Bonchev–Trinajstić information content (AvgIpc) is 2.09. The van der Waals surface area contributed by atoms with Crippen LogP contribution in [0.15, 0.2) is 0 Å². The molecule has 0 saturated heterocycles. The van der Waals surface area contributed by atoms with Crippen LogP contribution < -0.4 is 5.32 Å². The maximum Gasteiger partial charge on any atom is 0.0431 e. The number of unbranched alkanes of at least 4 members (excludes halogenated alkanes) is 2. The van der Waals surface area contributed by atoms with Gasteiger partial charge in [-0.15, -0.1) is 0 Å². The third-order valence-electron chi connectivity index (χ3n) is 2.94. The first kappa shape index (κ1) is 13.9. The van der Waals surface area contributed by atoms with Gasteiger partial charge in [0.25, 0.3) is 0 Å². The molecule has 0 saturated carbocycles. The number of nitrogens with one attached hydrogen (secondary N) is 1. The van der Waals surface area contributed by atoms with Crippen molar-refractivity contribution in [3.05, 3.63) is 0 Å². The minimum absolute atomic E-state index is 0.332. The predicted octanol–water partition coefficient (Wildman–Crippen LogP) is 2.42. The van der Waals surface area contributed by atoms with Crippen molar-refractivity contribution in [1.29, 1.82) is 0 Å². The Hall–Kier alpha value is -0.0800. The second kappa shape index (κ2) is 7.24. The minimum Gasteiger partial charge on any atom is -0.396 e. The highest BCUT2D eigenvalue weighted by atomic mass is 16.2. The molecule has 0 radical (unpaired) electrons. The quantitative estimate of drug-likeness (QED) is 0.620. The molecule has 2 N–H and O–H groups in total. The summed E-state index contributed by atoms with van der Waals surface area (Å²) in [6.07, 6.45) is 3.25. The molecule has 0 aromatic heterocycles. The SMILES string of the molecule is CC(CNCCCCCO)C(C)(C)C. The van der Waals surface area contributed by atoms with Gasteiger partial charge in [0, 0.05) is 6.61 Å². The zero-order valence-electron chi connectivity index (χ0n) is 10.3. The Kier molecular flexibility index (Phi) is 7.20. The molecule has 2 heteroatoms. The summed E-state index contributed by atoms with van der Waals surface area (Å²) in [4.78, 5) is 0. The fraction of sp³-hybridized carbons (Fsp3) is 1.00. The zero-order valence-corrected chi connectivity index (χ0v) is 10.3. The van der Waals surface area contributed by atoms with Crippen LogP contribution in [0.5, 0.6) is 0 Å². The summed E-state index contributed by atoms with van der Waals surface area (Å²) in [7, 11) is 0.